The normalized spacial score (nSPS) is 16.6. The van der Waals surface area contributed by atoms with Gasteiger partial charge in [-0.2, -0.15) is 13.2 Å². The number of hydrogen-bond donors (Lipinski definition) is 3. The monoisotopic (exact) mass is 554 g/mol. The number of fused-ring (bicyclic) bond motifs is 1. The van der Waals surface area contributed by atoms with E-state index in [1.165, 1.54) is 12.1 Å². The smallest absolute Gasteiger partial charge is 0.416 e. The molecule has 10 nitrogen and oxygen atoms in total. The van der Waals surface area contributed by atoms with Crippen LogP contribution < -0.4 is 15.8 Å². The highest BCUT2D eigenvalue weighted by Crippen LogP contribution is 2.44. The molecule has 1 amide bonds. The highest BCUT2D eigenvalue weighted by atomic mass is 19.4. The van der Waals surface area contributed by atoms with Crippen molar-refractivity contribution in [2.75, 3.05) is 17.7 Å². The third-order valence-electron chi connectivity index (χ3n) is 6.73. The summed E-state index contributed by atoms with van der Waals surface area (Å²) in [4.78, 5) is 36.8. The second kappa shape index (κ2) is 10.5. The molecule has 0 radical (unpaired) electrons. The van der Waals surface area contributed by atoms with Crippen LogP contribution >= 0.6 is 0 Å². The van der Waals surface area contributed by atoms with Crippen molar-refractivity contribution >= 4 is 29.0 Å². The van der Waals surface area contributed by atoms with Crippen molar-refractivity contribution in [3.05, 3.63) is 65.9 Å². The second-order valence-electron chi connectivity index (χ2n) is 9.49. The van der Waals surface area contributed by atoms with Crippen molar-refractivity contribution in [3.63, 3.8) is 0 Å². The highest BCUT2D eigenvalue weighted by Gasteiger charge is 2.39. The number of carbonyl (C=O) groups excluding carboxylic acids is 1. The average molecular weight is 555 g/mol. The van der Waals surface area contributed by atoms with Crippen molar-refractivity contribution in [1.29, 1.82) is 0 Å². The van der Waals surface area contributed by atoms with Crippen LogP contribution in [-0.2, 0) is 17.4 Å². The standard InChI is InChI=1S/C27H25F3N6O4/c1-2-40-19-10-14(26(39)34-20-13-17(5-6-32-20)27(28,29)30)3-4-18(19)23-24-25(31)33-7-8-36(24)21(35-23)11-15-9-16(15)12-22(37)38/h3-8,10,13,15-16H,2,9,11-12H2,1H3,(H2,31,33)(H,37,38)(H,32,34,39). The largest absolute Gasteiger partial charge is 0.493 e. The summed E-state index contributed by atoms with van der Waals surface area (Å²) in [5.41, 5.74) is 7.00. The Morgan fingerprint density at radius 2 is 1.98 bits per heavy atom. The first kappa shape index (κ1) is 26.9. The van der Waals surface area contributed by atoms with E-state index in [9.17, 15) is 22.8 Å². The van der Waals surface area contributed by atoms with Gasteiger partial charge in [0.05, 0.1) is 12.2 Å². The van der Waals surface area contributed by atoms with E-state index in [2.05, 4.69) is 15.3 Å². The number of amides is 1. The van der Waals surface area contributed by atoms with Crippen LogP contribution in [0.5, 0.6) is 5.75 Å². The number of hydrogen-bond acceptors (Lipinski definition) is 7. The van der Waals surface area contributed by atoms with Gasteiger partial charge in [0.1, 0.15) is 34.4 Å². The minimum absolute atomic E-state index is 0.0931. The molecule has 13 heteroatoms. The van der Waals surface area contributed by atoms with Gasteiger partial charge in [0.2, 0.25) is 0 Å². The lowest BCUT2D eigenvalue weighted by molar-refractivity contribution is -0.138. The molecule has 40 heavy (non-hydrogen) atoms. The third kappa shape index (κ3) is 5.53. The molecule has 0 saturated heterocycles. The Balaban J connectivity index is 1.47. The van der Waals surface area contributed by atoms with Crippen LogP contribution in [0.1, 0.15) is 41.5 Å². The molecule has 3 aromatic heterocycles. The van der Waals surface area contributed by atoms with Crippen LogP contribution in [0.3, 0.4) is 0 Å². The van der Waals surface area contributed by atoms with Gasteiger partial charge in [-0.05, 0) is 55.5 Å². The fraction of sp³-hybridized carbons (Fsp3) is 0.296. The first-order chi connectivity index (χ1) is 19.0. The molecule has 5 rings (SSSR count). The van der Waals surface area contributed by atoms with Gasteiger partial charge in [0.25, 0.3) is 5.91 Å². The third-order valence-corrected chi connectivity index (χ3v) is 6.73. The van der Waals surface area contributed by atoms with E-state index in [0.29, 0.717) is 34.8 Å². The molecule has 1 saturated carbocycles. The molecule has 1 aromatic carbocycles. The number of nitrogens with one attached hydrogen (secondary N) is 1. The van der Waals surface area contributed by atoms with Crippen LogP contribution in [0.4, 0.5) is 24.8 Å². The van der Waals surface area contributed by atoms with Gasteiger partial charge in [-0.15, -0.1) is 0 Å². The van der Waals surface area contributed by atoms with Crippen LogP contribution in [0, 0.1) is 11.8 Å². The number of imidazole rings is 1. The molecule has 1 aliphatic carbocycles. The number of halogens is 3. The Morgan fingerprint density at radius 3 is 2.70 bits per heavy atom. The molecule has 2 atom stereocenters. The first-order valence-corrected chi connectivity index (χ1v) is 12.5. The summed E-state index contributed by atoms with van der Waals surface area (Å²) in [7, 11) is 0. The van der Waals surface area contributed by atoms with E-state index in [-0.39, 0.29) is 42.1 Å². The van der Waals surface area contributed by atoms with Crippen LogP contribution in [0.15, 0.2) is 48.9 Å². The molecule has 2 unspecified atom stereocenters. The zero-order chi connectivity index (χ0) is 28.6. The van der Waals surface area contributed by atoms with Gasteiger partial charge in [-0.1, -0.05) is 0 Å². The number of aromatic nitrogens is 4. The molecule has 4 aromatic rings. The minimum atomic E-state index is -4.58. The molecule has 0 bridgehead atoms. The van der Waals surface area contributed by atoms with Crippen LogP contribution in [-0.4, -0.2) is 42.9 Å². The van der Waals surface area contributed by atoms with Crippen molar-refractivity contribution in [1.82, 2.24) is 19.4 Å². The number of carboxylic acid groups (broad SMARTS) is 1. The van der Waals surface area contributed by atoms with E-state index in [4.69, 9.17) is 20.6 Å². The van der Waals surface area contributed by atoms with Crippen molar-refractivity contribution in [2.24, 2.45) is 11.8 Å². The van der Waals surface area contributed by atoms with E-state index in [0.717, 1.165) is 24.8 Å². The topological polar surface area (TPSA) is 145 Å². The van der Waals surface area contributed by atoms with E-state index < -0.39 is 23.6 Å². The molecule has 0 aliphatic heterocycles. The summed E-state index contributed by atoms with van der Waals surface area (Å²) in [5.74, 6) is -0.228. The fourth-order valence-corrected chi connectivity index (χ4v) is 4.72. The zero-order valence-corrected chi connectivity index (χ0v) is 21.3. The fourth-order valence-electron chi connectivity index (χ4n) is 4.72. The Bertz CT molecular complexity index is 1600. The predicted molar refractivity (Wildman–Crippen MR) is 139 cm³/mol. The van der Waals surface area contributed by atoms with Gasteiger partial charge in [0.15, 0.2) is 0 Å². The maximum Gasteiger partial charge on any atom is 0.416 e. The number of nitrogen functional groups attached to an aromatic ring is 1. The zero-order valence-electron chi connectivity index (χ0n) is 21.3. The van der Waals surface area contributed by atoms with Crippen molar-refractivity contribution in [2.45, 2.75) is 32.4 Å². The number of nitrogens with two attached hydrogens (primary N) is 1. The van der Waals surface area contributed by atoms with Gasteiger partial charge in [-0.25, -0.2) is 15.0 Å². The number of carboxylic acids is 1. The molecule has 1 fully saturated rings. The van der Waals surface area contributed by atoms with Crippen molar-refractivity contribution in [3.8, 4) is 17.0 Å². The summed E-state index contributed by atoms with van der Waals surface area (Å²) in [6, 6.07) is 6.18. The Kier molecular flexibility index (Phi) is 7.04. The lowest BCUT2D eigenvalue weighted by Crippen LogP contribution is -2.14. The van der Waals surface area contributed by atoms with Gasteiger partial charge in [-0.3, -0.25) is 14.0 Å². The number of carbonyl (C=O) groups is 2. The first-order valence-electron chi connectivity index (χ1n) is 12.5. The summed E-state index contributed by atoms with van der Waals surface area (Å²) in [6.45, 7) is 2.03. The molecule has 3 heterocycles. The van der Waals surface area contributed by atoms with Gasteiger partial charge in [0, 0.05) is 42.6 Å². The number of pyridine rings is 1. The lowest BCUT2D eigenvalue weighted by Gasteiger charge is -2.12. The number of alkyl halides is 3. The number of ether oxygens (including phenoxy) is 1. The number of aliphatic carboxylic acids is 1. The number of anilines is 2. The lowest BCUT2D eigenvalue weighted by atomic mass is 10.1. The van der Waals surface area contributed by atoms with E-state index in [1.54, 1.807) is 25.4 Å². The SMILES string of the molecule is CCOc1cc(C(=O)Nc2cc(C(F)(F)F)ccn2)ccc1-c1nc(CC2CC2CC(=O)O)n2ccnc(N)c12. The maximum atomic E-state index is 13.1. The summed E-state index contributed by atoms with van der Waals surface area (Å²) >= 11 is 0. The Labute approximate surface area is 226 Å². The second-order valence-corrected chi connectivity index (χ2v) is 9.49. The number of nitrogens with zero attached hydrogens (tertiary/aromatic N) is 4. The summed E-state index contributed by atoms with van der Waals surface area (Å²) in [5, 5.41) is 11.5. The summed E-state index contributed by atoms with van der Waals surface area (Å²) in [6.07, 6.45) is 1.14. The van der Waals surface area contributed by atoms with Gasteiger partial charge < -0.3 is 20.9 Å². The molecular weight excluding hydrogens is 529 g/mol. The van der Waals surface area contributed by atoms with Gasteiger partial charge >= 0.3 is 12.1 Å². The highest BCUT2D eigenvalue weighted by molar-refractivity contribution is 6.04. The van der Waals surface area contributed by atoms with Crippen molar-refractivity contribution < 1.29 is 32.6 Å². The summed E-state index contributed by atoms with van der Waals surface area (Å²) < 4.78 is 46.8. The molecule has 4 N–H and O–H groups in total. The predicted octanol–water partition coefficient (Wildman–Crippen LogP) is 4.70. The molecule has 1 aliphatic rings. The minimum Gasteiger partial charge on any atom is -0.493 e. The molecule has 208 valence electrons. The molecule has 0 spiro atoms. The van der Waals surface area contributed by atoms with Crippen LogP contribution in [0.2, 0.25) is 0 Å². The molecular formula is C27H25F3N6O4. The van der Waals surface area contributed by atoms with Crippen LogP contribution in [0.25, 0.3) is 16.8 Å². The Morgan fingerprint density at radius 1 is 1.18 bits per heavy atom. The van der Waals surface area contributed by atoms with E-state index >= 15 is 0 Å². The number of rotatable bonds is 9. The average Bonchev–Trinajstić information content (AvgIpc) is 3.50. The number of benzene rings is 1. The Hall–Kier alpha value is -4.68. The van der Waals surface area contributed by atoms with E-state index in [1.807, 2.05) is 4.40 Å². The quantitative estimate of drug-likeness (QED) is 0.270. The maximum absolute atomic E-state index is 13.1.